The molecule has 0 radical (unpaired) electrons. The molecule has 8 heteroatoms. The van der Waals surface area contributed by atoms with E-state index in [1.165, 1.54) is 6.20 Å². The van der Waals surface area contributed by atoms with Crippen molar-refractivity contribution in [3.05, 3.63) is 76.0 Å². The van der Waals surface area contributed by atoms with Crippen LogP contribution in [0.3, 0.4) is 0 Å². The first-order chi connectivity index (χ1) is 12.8. The van der Waals surface area contributed by atoms with Crippen molar-refractivity contribution in [2.75, 3.05) is 4.72 Å². The fourth-order valence-electron chi connectivity index (χ4n) is 2.52. The minimum atomic E-state index is -3.82. The van der Waals surface area contributed by atoms with E-state index in [1.807, 2.05) is 50.2 Å². The second-order valence-corrected chi connectivity index (χ2v) is 8.54. The number of aryl methyl sites for hydroxylation is 2. The fraction of sp³-hybridized carbons (Fsp3) is 0.158. The first-order valence-corrected chi connectivity index (χ1v) is 10.4. The van der Waals surface area contributed by atoms with Gasteiger partial charge in [-0.3, -0.25) is 4.72 Å². The number of halogens is 1. The Hall–Kier alpha value is -2.45. The SMILES string of the molecule is Cc1cc(C)cc(S(=O)(=O)Nc2ncc(Br)nc2OCc2ccccc2)c1. The molecule has 0 unspecified atom stereocenters. The highest BCUT2D eigenvalue weighted by molar-refractivity contribution is 9.10. The molecule has 0 aliphatic carbocycles. The van der Waals surface area contributed by atoms with Crippen LogP contribution in [0.5, 0.6) is 5.88 Å². The molecular weight excluding hydrogens is 430 g/mol. The van der Waals surface area contributed by atoms with Gasteiger partial charge in [-0.05, 0) is 58.6 Å². The van der Waals surface area contributed by atoms with Gasteiger partial charge in [0, 0.05) is 0 Å². The van der Waals surface area contributed by atoms with Crippen molar-refractivity contribution in [2.24, 2.45) is 0 Å². The number of benzene rings is 2. The number of aromatic nitrogens is 2. The summed E-state index contributed by atoms with van der Waals surface area (Å²) in [6.07, 6.45) is 1.41. The van der Waals surface area contributed by atoms with E-state index in [0.29, 0.717) is 4.60 Å². The molecule has 3 rings (SSSR count). The van der Waals surface area contributed by atoms with Gasteiger partial charge in [0.1, 0.15) is 11.2 Å². The van der Waals surface area contributed by atoms with Gasteiger partial charge in [-0.25, -0.2) is 18.4 Å². The number of rotatable bonds is 6. The lowest BCUT2D eigenvalue weighted by molar-refractivity contribution is 0.294. The lowest BCUT2D eigenvalue weighted by atomic mass is 10.2. The highest BCUT2D eigenvalue weighted by Crippen LogP contribution is 2.26. The zero-order valence-corrected chi connectivity index (χ0v) is 17.2. The van der Waals surface area contributed by atoms with Crippen LogP contribution in [0.15, 0.2) is 64.2 Å². The van der Waals surface area contributed by atoms with Gasteiger partial charge in [0.05, 0.1) is 11.1 Å². The number of sulfonamides is 1. The van der Waals surface area contributed by atoms with Gasteiger partial charge in [0.15, 0.2) is 0 Å². The molecule has 6 nitrogen and oxygen atoms in total. The molecular formula is C19H18BrN3O3S. The molecule has 0 aliphatic rings. The Balaban J connectivity index is 1.87. The van der Waals surface area contributed by atoms with Crippen molar-refractivity contribution in [2.45, 2.75) is 25.3 Å². The van der Waals surface area contributed by atoms with Crippen LogP contribution in [0.1, 0.15) is 16.7 Å². The summed E-state index contributed by atoms with van der Waals surface area (Å²) in [5, 5.41) is 0. The lowest BCUT2D eigenvalue weighted by Gasteiger charge is -2.13. The van der Waals surface area contributed by atoms with Crippen LogP contribution in [0.25, 0.3) is 0 Å². The summed E-state index contributed by atoms with van der Waals surface area (Å²) in [4.78, 5) is 8.49. The van der Waals surface area contributed by atoms with Crippen molar-refractivity contribution < 1.29 is 13.2 Å². The molecule has 27 heavy (non-hydrogen) atoms. The summed E-state index contributed by atoms with van der Waals surface area (Å²) in [5.74, 6) is 0.134. The van der Waals surface area contributed by atoms with Crippen LogP contribution in [0.4, 0.5) is 5.82 Å². The van der Waals surface area contributed by atoms with E-state index in [0.717, 1.165) is 16.7 Å². The lowest BCUT2D eigenvalue weighted by Crippen LogP contribution is -2.16. The highest BCUT2D eigenvalue weighted by Gasteiger charge is 2.19. The molecule has 0 spiro atoms. The highest BCUT2D eigenvalue weighted by atomic mass is 79.9. The van der Waals surface area contributed by atoms with E-state index in [9.17, 15) is 8.42 Å². The molecule has 0 saturated carbocycles. The molecule has 0 bridgehead atoms. The van der Waals surface area contributed by atoms with Crippen molar-refractivity contribution >= 4 is 31.8 Å². The predicted octanol–water partition coefficient (Wildman–Crippen LogP) is 4.24. The molecule has 1 heterocycles. The quantitative estimate of drug-likeness (QED) is 0.610. The monoisotopic (exact) mass is 447 g/mol. The number of ether oxygens (including phenoxy) is 1. The number of nitrogens with zero attached hydrogens (tertiary/aromatic N) is 2. The Morgan fingerprint density at radius 3 is 2.41 bits per heavy atom. The molecule has 0 atom stereocenters. The summed E-state index contributed by atoms with van der Waals surface area (Å²) in [6, 6.07) is 14.6. The van der Waals surface area contributed by atoms with Gasteiger partial charge in [-0.2, -0.15) is 0 Å². The van der Waals surface area contributed by atoms with Gasteiger partial charge in [-0.15, -0.1) is 0 Å². The zero-order valence-electron chi connectivity index (χ0n) is 14.8. The largest absolute Gasteiger partial charge is 0.470 e. The molecule has 1 aromatic heterocycles. The Bertz CT molecular complexity index is 1040. The average Bonchev–Trinajstić information content (AvgIpc) is 2.62. The summed E-state index contributed by atoms with van der Waals surface area (Å²) in [5.41, 5.74) is 2.65. The predicted molar refractivity (Wildman–Crippen MR) is 107 cm³/mol. The van der Waals surface area contributed by atoms with Crippen molar-refractivity contribution in [1.82, 2.24) is 9.97 Å². The van der Waals surface area contributed by atoms with Gasteiger partial charge in [0.2, 0.25) is 5.82 Å². The molecule has 140 valence electrons. The van der Waals surface area contributed by atoms with E-state index in [4.69, 9.17) is 4.74 Å². The summed E-state index contributed by atoms with van der Waals surface area (Å²) in [6.45, 7) is 3.93. The third-order valence-corrected chi connectivity index (χ3v) is 5.37. The minimum absolute atomic E-state index is 0.0355. The number of hydrogen-bond acceptors (Lipinski definition) is 5. The average molecular weight is 448 g/mol. The Morgan fingerprint density at radius 1 is 1.07 bits per heavy atom. The van der Waals surface area contributed by atoms with Crippen LogP contribution in [0.2, 0.25) is 0 Å². The van der Waals surface area contributed by atoms with Crippen molar-refractivity contribution in [1.29, 1.82) is 0 Å². The van der Waals surface area contributed by atoms with Crippen LogP contribution in [0, 0.1) is 13.8 Å². The number of nitrogens with one attached hydrogen (secondary N) is 1. The number of hydrogen-bond donors (Lipinski definition) is 1. The third kappa shape index (κ3) is 5.05. The maximum absolute atomic E-state index is 12.8. The second-order valence-electron chi connectivity index (χ2n) is 6.05. The van der Waals surface area contributed by atoms with Crippen LogP contribution < -0.4 is 9.46 Å². The maximum atomic E-state index is 12.8. The van der Waals surface area contributed by atoms with E-state index < -0.39 is 10.0 Å². The van der Waals surface area contributed by atoms with E-state index >= 15 is 0 Å². The molecule has 0 amide bonds. The fourth-order valence-corrected chi connectivity index (χ4v) is 3.98. The topological polar surface area (TPSA) is 81.2 Å². The second kappa shape index (κ2) is 8.06. The molecule has 0 saturated heterocycles. The summed E-state index contributed by atoms with van der Waals surface area (Å²) < 4.78 is 34.2. The Kier molecular flexibility index (Phi) is 5.76. The molecule has 3 aromatic rings. The first kappa shape index (κ1) is 19.3. The first-order valence-electron chi connectivity index (χ1n) is 8.14. The van der Waals surface area contributed by atoms with E-state index in [1.54, 1.807) is 12.1 Å². The van der Waals surface area contributed by atoms with Crippen LogP contribution >= 0.6 is 15.9 Å². The van der Waals surface area contributed by atoms with E-state index in [-0.39, 0.29) is 23.2 Å². The van der Waals surface area contributed by atoms with Crippen molar-refractivity contribution in [3.63, 3.8) is 0 Å². The summed E-state index contributed by atoms with van der Waals surface area (Å²) >= 11 is 3.24. The maximum Gasteiger partial charge on any atom is 0.263 e. The normalized spacial score (nSPS) is 11.2. The van der Waals surface area contributed by atoms with Gasteiger partial charge < -0.3 is 4.74 Å². The molecule has 1 N–H and O–H groups in total. The van der Waals surface area contributed by atoms with Crippen LogP contribution in [-0.4, -0.2) is 18.4 Å². The summed E-state index contributed by atoms with van der Waals surface area (Å²) in [7, 11) is -3.82. The molecule has 2 aromatic carbocycles. The van der Waals surface area contributed by atoms with Gasteiger partial charge in [0.25, 0.3) is 15.9 Å². The Labute approximate surface area is 166 Å². The van der Waals surface area contributed by atoms with Crippen molar-refractivity contribution in [3.8, 4) is 5.88 Å². The standard InChI is InChI=1S/C19H18BrN3O3S/c1-13-8-14(2)10-16(9-13)27(24,25)23-18-19(22-17(20)11-21-18)26-12-15-6-4-3-5-7-15/h3-11H,12H2,1-2H3,(H,21,23). The number of anilines is 1. The van der Waals surface area contributed by atoms with Gasteiger partial charge in [-0.1, -0.05) is 36.4 Å². The minimum Gasteiger partial charge on any atom is -0.470 e. The third-order valence-electron chi connectivity index (χ3n) is 3.67. The zero-order chi connectivity index (χ0) is 19.4. The van der Waals surface area contributed by atoms with E-state index in [2.05, 4.69) is 30.6 Å². The smallest absolute Gasteiger partial charge is 0.263 e. The Morgan fingerprint density at radius 2 is 1.74 bits per heavy atom. The molecule has 0 fully saturated rings. The molecule has 0 aliphatic heterocycles. The van der Waals surface area contributed by atoms with Gasteiger partial charge >= 0.3 is 0 Å². The van der Waals surface area contributed by atoms with Crippen LogP contribution in [-0.2, 0) is 16.6 Å².